The van der Waals surface area contributed by atoms with E-state index in [1.165, 1.54) is 12.1 Å². The molecule has 2 nitrogen and oxygen atoms in total. The molecule has 1 atom stereocenters. The third-order valence-corrected chi connectivity index (χ3v) is 2.46. The van der Waals surface area contributed by atoms with Crippen LogP contribution in [-0.4, -0.2) is 24.3 Å². The maximum atomic E-state index is 13.0. The van der Waals surface area contributed by atoms with Gasteiger partial charge in [0.1, 0.15) is 5.82 Å². The van der Waals surface area contributed by atoms with Crippen LogP contribution in [0.5, 0.6) is 0 Å². The smallest absolute Gasteiger partial charge is 0.125 e. The quantitative estimate of drug-likeness (QED) is 0.808. The van der Waals surface area contributed by atoms with Crippen LogP contribution in [0.1, 0.15) is 20.3 Å². The molecule has 0 heterocycles. The second-order valence-corrected chi connectivity index (χ2v) is 3.58. The van der Waals surface area contributed by atoms with Crippen LogP contribution in [0.2, 0.25) is 0 Å². The molecule has 1 rings (SSSR count). The lowest BCUT2D eigenvalue weighted by molar-refractivity contribution is 0.176. The molecule has 0 aliphatic heterocycles. The highest BCUT2D eigenvalue weighted by Crippen LogP contribution is 2.15. The van der Waals surface area contributed by atoms with E-state index in [2.05, 4.69) is 0 Å². The van der Waals surface area contributed by atoms with Gasteiger partial charge in [-0.1, -0.05) is 13.0 Å². The van der Waals surface area contributed by atoms with Crippen molar-refractivity contribution in [1.29, 1.82) is 0 Å². The van der Waals surface area contributed by atoms with E-state index < -0.39 is 0 Å². The van der Waals surface area contributed by atoms with Crippen molar-refractivity contribution in [1.82, 2.24) is 0 Å². The molecule has 0 saturated heterocycles. The molecule has 84 valence electrons. The van der Waals surface area contributed by atoms with Gasteiger partial charge in [0.15, 0.2) is 0 Å². The van der Waals surface area contributed by atoms with Crippen molar-refractivity contribution < 1.29 is 9.50 Å². The number of benzene rings is 1. The molecule has 1 unspecified atom stereocenters. The van der Waals surface area contributed by atoms with Crippen LogP contribution in [0, 0.1) is 5.82 Å². The molecular formula is C12H18FNO. The molecule has 15 heavy (non-hydrogen) atoms. The van der Waals surface area contributed by atoms with E-state index in [0.717, 1.165) is 12.2 Å². The number of anilines is 1. The monoisotopic (exact) mass is 211 g/mol. The standard InChI is InChI=1S/C12H18FNO/c1-3-12(15)9-14(4-2)11-7-5-6-10(13)8-11/h5-8,12,15H,3-4,9H2,1-2H3. The van der Waals surface area contributed by atoms with E-state index in [0.29, 0.717) is 13.0 Å². The van der Waals surface area contributed by atoms with E-state index in [1.54, 1.807) is 6.07 Å². The Morgan fingerprint density at radius 1 is 1.40 bits per heavy atom. The molecule has 0 saturated carbocycles. The highest BCUT2D eigenvalue weighted by molar-refractivity contribution is 5.46. The van der Waals surface area contributed by atoms with Crippen molar-refractivity contribution in [3.05, 3.63) is 30.1 Å². The minimum absolute atomic E-state index is 0.239. The Bertz CT molecular complexity index is 303. The van der Waals surface area contributed by atoms with Gasteiger partial charge in [0, 0.05) is 18.8 Å². The average molecular weight is 211 g/mol. The van der Waals surface area contributed by atoms with Crippen LogP contribution < -0.4 is 4.90 Å². The molecule has 0 aliphatic rings. The van der Waals surface area contributed by atoms with Crippen LogP contribution in [-0.2, 0) is 0 Å². The van der Waals surface area contributed by atoms with Gasteiger partial charge in [-0.3, -0.25) is 0 Å². The SMILES string of the molecule is CCC(O)CN(CC)c1cccc(F)c1. The number of aliphatic hydroxyl groups excluding tert-OH is 1. The molecule has 1 aromatic rings. The Morgan fingerprint density at radius 2 is 2.13 bits per heavy atom. The van der Waals surface area contributed by atoms with Crippen molar-refractivity contribution in [2.75, 3.05) is 18.0 Å². The molecule has 0 spiro atoms. The fraction of sp³-hybridized carbons (Fsp3) is 0.500. The van der Waals surface area contributed by atoms with Gasteiger partial charge in [-0.2, -0.15) is 0 Å². The van der Waals surface area contributed by atoms with Gasteiger partial charge >= 0.3 is 0 Å². The van der Waals surface area contributed by atoms with Crippen LogP contribution in [0.4, 0.5) is 10.1 Å². The Morgan fingerprint density at radius 3 is 2.67 bits per heavy atom. The number of halogens is 1. The van der Waals surface area contributed by atoms with Gasteiger partial charge in [-0.05, 0) is 31.5 Å². The van der Waals surface area contributed by atoms with Gasteiger partial charge < -0.3 is 10.0 Å². The molecule has 3 heteroatoms. The summed E-state index contributed by atoms with van der Waals surface area (Å²) in [5, 5.41) is 9.55. The minimum atomic E-state index is -0.354. The largest absolute Gasteiger partial charge is 0.391 e. The van der Waals surface area contributed by atoms with Gasteiger partial charge in [-0.15, -0.1) is 0 Å². The zero-order chi connectivity index (χ0) is 11.3. The van der Waals surface area contributed by atoms with Gasteiger partial charge in [0.25, 0.3) is 0 Å². The number of nitrogens with zero attached hydrogens (tertiary/aromatic N) is 1. The average Bonchev–Trinajstić information content (AvgIpc) is 2.25. The Hall–Kier alpha value is -1.09. The summed E-state index contributed by atoms with van der Waals surface area (Å²) in [6, 6.07) is 6.46. The first kappa shape index (κ1) is 12.0. The molecule has 0 fully saturated rings. The van der Waals surface area contributed by atoms with Crippen molar-refractivity contribution >= 4 is 5.69 Å². The van der Waals surface area contributed by atoms with E-state index in [4.69, 9.17) is 0 Å². The lowest BCUT2D eigenvalue weighted by Crippen LogP contribution is -2.31. The fourth-order valence-electron chi connectivity index (χ4n) is 1.47. The molecule has 1 N–H and O–H groups in total. The number of hydrogen-bond acceptors (Lipinski definition) is 2. The van der Waals surface area contributed by atoms with E-state index in [-0.39, 0.29) is 11.9 Å². The third-order valence-electron chi connectivity index (χ3n) is 2.46. The van der Waals surface area contributed by atoms with Crippen LogP contribution in [0.3, 0.4) is 0 Å². The third kappa shape index (κ3) is 3.51. The number of likely N-dealkylation sites (N-methyl/N-ethyl adjacent to an activating group) is 1. The summed E-state index contributed by atoms with van der Waals surface area (Å²) in [4.78, 5) is 1.97. The zero-order valence-electron chi connectivity index (χ0n) is 9.28. The van der Waals surface area contributed by atoms with Gasteiger partial charge in [0.05, 0.1) is 6.10 Å². The zero-order valence-corrected chi connectivity index (χ0v) is 9.28. The maximum absolute atomic E-state index is 13.0. The lowest BCUT2D eigenvalue weighted by Gasteiger charge is -2.25. The second-order valence-electron chi connectivity index (χ2n) is 3.58. The summed E-state index contributed by atoms with van der Waals surface area (Å²) >= 11 is 0. The summed E-state index contributed by atoms with van der Waals surface area (Å²) in [5.41, 5.74) is 0.824. The number of hydrogen-bond donors (Lipinski definition) is 1. The van der Waals surface area contributed by atoms with Gasteiger partial charge in [0.2, 0.25) is 0 Å². The van der Waals surface area contributed by atoms with E-state index in [1.807, 2.05) is 24.8 Å². The van der Waals surface area contributed by atoms with Crippen LogP contribution >= 0.6 is 0 Å². The van der Waals surface area contributed by atoms with Crippen LogP contribution in [0.15, 0.2) is 24.3 Å². The highest BCUT2D eigenvalue weighted by Gasteiger charge is 2.09. The molecular weight excluding hydrogens is 193 g/mol. The summed E-state index contributed by atoms with van der Waals surface area (Å²) in [6.07, 6.45) is 0.361. The fourth-order valence-corrected chi connectivity index (χ4v) is 1.47. The van der Waals surface area contributed by atoms with Crippen molar-refractivity contribution in [3.8, 4) is 0 Å². The molecule has 0 amide bonds. The first-order valence-electron chi connectivity index (χ1n) is 5.36. The van der Waals surface area contributed by atoms with E-state index >= 15 is 0 Å². The summed E-state index contributed by atoms with van der Waals surface area (Å²) in [7, 11) is 0. The van der Waals surface area contributed by atoms with Crippen LogP contribution in [0.25, 0.3) is 0 Å². The molecule has 0 aromatic heterocycles. The minimum Gasteiger partial charge on any atom is -0.391 e. The maximum Gasteiger partial charge on any atom is 0.125 e. The predicted octanol–water partition coefficient (Wildman–Crippen LogP) is 2.42. The summed E-state index contributed by atoms with van der Waals surface area (Å²) in [5.74, 6) is -0.239. The first-order chi connectivity index (χ1) is 7.17. The highest BCUT2D eigenvalue weighted by atomic mass is 19.1. The van der Waals surface area contributed by atoms with Crippen molar-refractivity contribution in [2.24, 2.45) is 0 Å². The number of rotatable bonds is 5. The molecule has 0 radical (unpaired) electrons. The summed E-state index contributed by atoms with van der Waals surface area (Å²) in [6.45, 7) is 5.24. The predicted molar refractivity (Wildman–Crippen MR) is 60.6 cm³/mol. The van der Waals surface area contributed by atoms with Crippen molar-refractivity contribution in [3.63, 3.8) is 0 Å². The topological polar surface area (TPSA) is 23.5 Å². The summed E-state index contributed by atoms with van der Waals surface area (Å²) < 4.78 is 13.0. The second kappa shape index (κ2) is 5.71. The Labute approximate surface area is 90.3 Å². The molecule has 0 aliphatic carbocycles. The van der Waals surface area contributed by atoms with E-state index in [9.17, 15) is 9.50 Å². The lowest BCUT2D eigenvalue weighted by atomic mass is 10.2. The Kier molecular flexibility index (Phi) is 4.56. The first-order valence-corrected chi connectivity index (χ1v) is 5.36. The normalized spacial score (nSPS) is 12.5. The molecule has 0 bridgehead atoms. The van der Waals surface area contributed by atoms with Crippen molar-refractivity contribution in [2.45, 2.75) is 26.4 Å². The number of aliphatic hydroxyl groups is 1. The van der Waals surface area contributed by atoms with Gasteiger partial charge in [-0.25, -0.2) is 4.39 Å². The Balaban J connectivity index is 2.73. The molecule has 1 aromatic carbocycles.